The van der Waals surface area contributed by atoms with E-state index in [1.165, 1.54) is 28.0 Å². The molecule has 1 amide bonds. The van der Waals surface area contributed by atoms with Gasteiger partial charge in [0.1, 0.15) is 22.5 Å². The number of nitrogens with zero attached hydrogens (tertiary/aromatic N) is 2. The average Bonchev–Trinajstić information content (AvgIpc) is 2.94. The van der Waals surface area contributed by atoms with Gasteiger partial charge in [-0.3, -0.25) is 14.2 Å². The molecule has 0 fully saturated rings. The maximum Gasteiger partial charge on any atom is 0.263 e. The van der Waals surface area contributed by atoms with Gasteiger partial charge in [0.15, 0.2) is 0 Å². The van der Waals surface area contributed by atoms with E-state index in [0.717, 1.165) is 16.0 Å². The van der Waals surface area contributed by atoms with Gasteiger partial charge in [0.2, 0.25) is 5.91 Å². The minimum Gasteiger partial charge on any atom is -0.368 e. The maximum absolute atomic E-state index is 13.5. The molecule has 0 bridgehead atoms. The van der Waals surface area contributed by atoms with Crippen molar-refractivity contribution in [3.63, 3.8) is 0 Å². The first-order valence-electron chi connectivity index (χ1n) is 8.87. The summed E-state index contributed by atoms with van der Waals surface area (Å²) in [6.45, 7) is 7.59. The lowest BCUT2D eigenvalue weighted by atomic mass is 10.0. The molecule has 0 radical (unpaired) electrons. The zero-order valence-electron chi connectivity index (χ0n) is 15.7. The molecule has 3 rings (SSSR count). The molecular weight excluding hydrogens is 365 g/mol. The van der Waals surface area contributed by atoms with Crippen molar-refractivity contribution in [3.8, 4) is 11.1 Å². The Bertz CT molecular complexity index is 1070. The fraction of sp³-hybridized carbons (Fsp3) is 0.350. The molecule has 2 heterocycles. The molecule has 0 aliphatic carbocycles. The molecule has 0 aliphatic rings. The molecule has 2 aromatic heterocycles. The van der Waals surface area contributed by atoms with E-state index >= 15 is 0 Å². The van der Waals surface area contributed by atoms with E-state index in [9.17, 15) is 14.0 Å². The van der Waals surface area contributed by atoms with Crippen molar-refractivity contribution in [1.29, 1.82) is 0 Å². The quantitative estimate of drug-likeness (QED) is 0.715. The molecule has 0 spiro atoms. The summed E-state index contributed by atoms with van der Waals surface area (Å²) in [4.78, 5) is 31.7. The second-order valence-electron chi connectivity index (χ2n) is 6.85. The number of aromatic nitrogens is 2. The third-order valence-electron chi connectivity index (χ3n) is 4.64. The second kappa shape index (κ2) is 7.23. The van der Waals surface area contributed by atoms with E-state index in [1.807, 2.05) is 27.7 Å². The van der Waals surface area contributed by atoms with Crippen LogP contribution in [0.15, 0.2) is 29.1 Å². The SMILES string of the molecule is CCC(C(N)=O)n1c(C(C)C)nc2sc(C)c(-c3ccc(F)cc3)c2c1=O. The standard InChI is InChI=1S/C20H22FN3O2S/c1-5-14(17(22)25)24-18(10(2)3)23-19-16(20(24)26)15(11(4)27-19)12-6-8-13(21)9-7-12/h6-10,14H,5H2,1-4H3,(H2,22,25). The van der Waals surface area contributed by atoms with Crippen LogP contribution in [0.4, 0.5) is 4.39 Å². The number of halogens is 1. The first-order valence-corrected chi connectivity index (χ1v) is 9.68. The van der Waals surface area contributed by atoms with Gasteiger partial charge in [0.25, 0.3) is 5.56 Å². The molecule has 3 aromatic rings. The number of nitrogens with two attached hydrogens (primary N) is 1. The number of hydrogen-bond donors (Lipinski definition) is 1. The van der Waals surface area contributed by atoms with Gasteiger partial charge < -0.3 is 5.73 Å². The molecule has 7 heteroatoms. The molecule has 27 heavy (non-hydrogen) atoms. The summed E-state index contributed by atoms with van der Waals surface area (Å²) in [5, 5.41) is 0.452. The van der Waals surface area contributed by atoms with Gasteiger partial charge >= 0.3 is 0 Å². The van der Waals surface area contributed by atoms with Gasteiger partial charge in [-0.15, -0.1) is 11.3 Å². The molecule has 2 N–H and O–H groups in total. The molecule has 1 atom stereocenters. The monoisotopic (exact) mass is 387 g/mol. The summed E-state index contributed by atoms with van der Waals surface area (Å²) in [5.41, 5.74) is 6.76. The van der Waals surface area contributed by atoms with E-state index in [0.29, 0.717) is 22.5 Å². The summed E-state index contributed by atoms with van der Waals surface area (Å²) in [7, 11) is 0. The molecule has 0 saturated heterocycles. The Kier molecular flexibility index (Phi) is 5.15. The Morgan fingerprint density at radius 1 is 1.30 bits per heavy atom. The second-order valence-corrected chi connectivity index (χ2v) is 8.05. The van der Waals surface area contributed by atoms with Crippen LogP contribution < -0.4 is 11.3 Å². The van der Waals surface area contributed by atoms with Gasteiger partial charge in [-0.25, -0.2) is 9.37 Å². The number of fused-ring (bicyclic) bond motifs is 1. The molecule has 142 valence electrons. The maximum atomic E-state index is 13.5. The Hall–Kier alpha value is -2.54. The number of amides is 1. The number of aryl methyl sites for hydroxylation is 1. The van der Waals surface area contributed by atoms with Crippen LogP contribution in [-0.4, -0.2) is 15.5 Å². The van der Waals surface area contributed by atoms with E-state index in [-0.39, 0.29) is 17.3 Å². The Labute approximate surface area is 160 Å². The molecule has 0 saturated carbocycles. The summed E-state index contributed by atoms with van der Waals surface area (Å²) in [5.74, 6) is -0.400. The smallest absolute Gasteiger partial charge is 0.263 e. The van der Waals surface area contributed by atoms with E-state index < -0.39 is 11.9 Å². The zero-order chi connectivity index (χ0) is 19.9. The number of carbonyl (C=O) groups excluding carboxylic acids is 1. The third-order valence-corrected chi connectivity index (χ3v) is 5.64. The lowest BCUT2D eigenvalue weighted by molar-refractivity contribution is -0.121. The van der Waals surface area contributed by atoms with Crippen molar-refractivity contribution in [2.24, 2.45) is 5.73 Å². The van der Waals surface area contributed by atoms with Crippen LogP contribution in [0.1, 0.15) is 49.9 Å². The highest BCUT2D eigenvalue weighted by atomic mass is 32.1. The van der Waals surface area contributed by atoms with Crippen molar-refractivity contribution >= 4 is 27.5 Å². The number of hydrogen-bond acceptors (Lipinski definition) is 4. The van der Waals surface area contributed by atoms with Crippen molar-refractivity contribution in [2.75, 3.05) is 0 Å². The number of carbonyl (C=O) groups is 1. The Morgan fingerprint density at radius 3 is 2.44 bits per heavy atom. The Balaban J connectivity index is 2.42. The number of rotatable bonds is 5. The highest BCUT2D eigenvalue weighted by Crippen LogP contribution is 2.36. The summed E-state index contributed by atoms with van der Waals surface area (Å²) in [6.07, 6.45) is 0.400. The third kappa shape index (κ3) is 3.27. The van der Waals surface area contributed by atoms with Crippen LogP contribution in [0.5, 0.6) is 0 Å². The van der Waals surface area contributed by atoms with Crippen molar-refractivity contribution in [1.82, 2.24) is 9.55 Å². The molecule has 5 nitrogen and oxygen atoms in total. The van der Waals surface area contributed by atoms with Crippen molar-refractivity contribution in [3.05, 3.63) is 51.1 Å². The minimum atomic E-state index is -0.756. The van der Waals surface area contributed by atoms with Crippen LogP contribution in [0.2, 0.25) is 0 Å². The summed E-state index contributed by atoms with van der Waals surface area (Å²) < 4.78 is 14.8. The number of primary amides is 1. The van der Waals surface area contributed by atoms with E-state index in [4.69, 9.17) is 10.7 Å². The van der Waals surface area contributed by atoms with Crippen LogP contribution in [0, 0.1) is 12.7 Å². The molecular formula is C20H22FN3O2S. The number of benzene rings is 1. The van der Waals surface area contributed by atoms with Gasteiger partial charge in [0, 0.05) is 16.4 Å². The molecule has 1 unspecified atom stereocenters. The molecule has 0 aliphatic heterocycles. The fourth-order valence-corrected chi connectivity index (χ4v) is 4.42. The van der Waals surface area contributed by atoms with E-state index in [2.05, 4.69) is 0 Å². The topological polar surface area (TPSA) is 78.0 Å². The van der Waals surface area contributed by atoms with Crippen molar-refractivity contribution in [2.45, 2.75) is 46.1 Å². The predicted octanol–water partition coefficient (Wildman–Crippen LogP) is 4.13. The van der Waals surface area contributed by atoms with E-state index in [1.54, 1.807) is 12.1 Å². The summed E-state index contributed by atoms with van der Waals surface area (Å²) >= 11 is 1.43. The van der Waals surface area contributed by atoms with Gasteiger partial charge in [0.05, 0.1) is 5.39 Å². The molecule has 1 aromatic carbocycles. The average molecular weight is 387 g/mol. The first-order chi connectivity index (χ1) is 12.8. The van der Waals surface area contributed by atoms with Crippen molar-refractivity contribution < 1.29 is 9.18 Å². The highest BCUT2D eigenvalue weighted by Gasteiger charge is 2.26. The minimum absolute atomic E-state index is 0.0489. The van der Waals surface area contributed by atoms with Crippen LogP contribution in [0.25, 0.3) is 21.3 Å². The van der Waals surface area contributed by atoms with Crippen LogP contribution in [0.3, 0.4) is 0 Å². The Morgan fingerprint density at radius 2 is 1.93 bits per heavy atom. The van der Waals surface area contributed by atoms with Gasteiger partial charge in [-0.2, -0.15) is 0 Å². The summed E-state index contributed by atoms with van der Waals surface area (Å²) in [6, 6.07) is 5.27. The zero-order valence-corrected chi connectivity index (χ0v) is 16.6. The fourth-order valence-electron chi connectivity index (χ4n) is 3.37. The normalized spacial score (nSPS) is 12.7. The van der Waals surface area contributed by atoms with Gasteiger partial charge in [-0.1, -0.05) is 32.9 Å². The lowest BCUT2D eigenvalue weighted by Gasteiger charge is -2.21. The highest BCUT2D eigenvalue weighted by molar-refractivity contribution is 7.19. The first kappa shape index (κ1) is 19.2. The van der Waals surface area contributed by atoms with Crippen LogP contribution in [-0.2, 0) is 4.79 Å². The van der Waals surface area contributed by atoms with Gasteiger partial charge in [-0.05, 0) is 31.0 Å². The lowest BCUT2D eigenvalue weighted by Crippen LogP contribution is -2.36. The van der Waals surface area contributed by atoms with Crippen LogP contribution >= 0.6 is 11.3 Å². The largest absolute Gasteiger partial charge is 0.368 e. The number of thiophene rings is 1. The predicted molar refractivity (Wildman–Crippen MR) is 107 cm³/mol.